The third-order valence-electron chi connectivity index (χ3n) is 14.0. The molecule has 4 aromatic rings. The zero-order valence-electron chi connectivity index (χ0n) is 55.4. The van der Waals surface area contributed by atoms with Gasteiger partial charge in [0.1, 0.15) is 28.2 Å². The van der Waals surface area contributed by atoms with Gasteiger partial charge >= 0.3 is 29.8 Å². The van der Waals surface area contributed by atoms with Gasteiger partial charge < -0.3 is 45.0 Å². The van der Waals surface area contributed by atoms with Crippen LogP contribution in [0.5, 0.6) is 5.75 Å². The average molecular weight is 1210 g/mol. The molecule has 0 spiro atoms. The van der Waals surface area contributed by atoms with E-state index in [0.717, 1.165) is 143 Å². The van der Waals surface area contributed by atoms with Crippen LogP contribution in [0.4, 0.5) is 22.7 Å². The third kappa shape index (κ3) is 36.5. The monoisotopic (exact) mass is 1210 g/mol. The lowest BCUT2D eigenvalue weighted by atomic mass is 9.99. The molecule has 0 atom stereocenters. The summed E-state index contributed by atoms with van der Waals surface area (Å²) < 4.78 is 26.8. The van der Waals surface area contributed by atoms with E-state index in [-0.39, 0.29) is 35.1 Å². The number of carbonyl (C=O) groups excluding carboxylic acids is 5. The highest BCUT2D eigenvalue weighted by Crippen LogP contribution is 2.36. The lowest BCUT2D eigenvalue weighted by Crippen LogP contribution is -2.31. The van der Waals surface area contributed by atoms with Crippen molar-refractivity contribution in [3.05, 3.63) is 146 Å². The summed E-state index contributed by atoms with van der Waals surface area (Å²) in [5, 5.41) is 13.3. The summed E-state index contributed by atoms with van der Waals surface area (Å²) in [6.45, 7) is 38.9. The molecular weight excluding hydrogens is 1100 g/mol. The second kappa shape index (κ2) is 41.5. The topological polar surface area (TPSA) is 180 Å². The van der Waals surface area contributed by atoms with Crippen LogP contribution < -0.4 is 26.0 Å². The number of hydrogen-bond acceptors (Lipinski definition) is 14. The minimum Gasteiger partial charge on any atom is -0.460 e. The summed E-state index contributed by atoms with van der Waals surface area (Å²) >= 11 is 0. The summed E-state index contributed by atoms with van der Waals surface area (Å²) in [5.41, 5.74) is 6.60. The lowest BCUT2D eigenvalue weighted by Gasteiger charge is -2.27. The molecular formula is C74H108N4O10. The van der Waals surface area contributed by atoms with Gasteiger partial charge in [0.25, 0.3) is 0 Å². The predicted molar refractivity (Wildman–Crippen MR) is 366 cm³/mol. The number of esters is 5. The smallest absolute Gasteiger partial charge is 0.338 e. The number of carbonyl (C=O) groups is 5. The zero-order valence-corrected chi connectivity index (χ0v) is 55.4. The summed E-state index contributed by atoms with van der Waals surface area (Å²) in [6, 6.07) is 31.5. The van der Waals surface area contributed by atoms with Crippen LogP contribution in [0.3, 0.4) is 0 Å². The average Bonchev–Trinajstić information content (AvgIpc) is 3.54. The van der Waals surface area contributed by atoms with Gasteiger partial charge in [-0.1, -0.05) is 101 Å². The van der Waals surface area contributed by atoms with E-state index in [1.54, 1.807) is 19.1 Å². The van der Waals surface area contributed by atoms with Crippen LogP contribution in [0.25, 0.3) is 18.2 Å². The molecule has 484 valence electrons. The fraction of sp³-hybridized carbons (Fsp3) is 0.500. The molecule has 14 nitrogen and oxygen atoms in total. The summed E-state index contributed by atoms with van der Waals surface area (Å²) in [7, 11) is 0. The molecule has 0 aliphatic heterocycles. The highest BCUT2D eigenvalue weighted by molar-refractivity contribution is 5.88. The van der Waals surface area contributed by atoms with Crippen molar-refractivity contribution in [2.24, 2.45) is 0 Å². The molecule has 1 aliphatic carbocycles. The SMILES string of the molecule is C=C(C)C(=O)Oc1ccc(NCCCCC(=O)OC(C)(C)C)cc1.C=Cc1ccc(NCCCC(=O)OC(C)(C)C)cc1.C=Cc1ccc(NCCCCC(=O)OC(C)(C)CC)cc1.C=Cc1ccc(NCCCCCC(=O)OC2(CC)CCCC2)cc1. The summed E-state index contributed by atoms with van der Waals surface area (Å²) in [5.74, 6) is -0.359. The molecule has 0 amide bonds. The molecule has 0 aromatic heterocycles. The van der Waals surface area contributed by atoms with Gasteiger partial charge in [0.2, 0.25) is 0 Å². The molecule has 4 aromatic carbocycles. The number of ether oxygens (including phenoxy) is 5. The van der Waals surface area contributed by atoms with Crippen LogP contribution in [0.1, 0.15) is 208 Å². The molecule has 88 heavy (non-hydrogen) atoms. The van der Waals surface area contributed by atoms with Gasteiger partial charge in [-0.25, -0.2) is 4.79 Å². The lowest BCUT2D eigenvalue weighted by molar-refractivity contribution is -0.160. The first-order valence-corrected chi connectivity index (χ1v) is 31.7. The standard InChI is InChI=1S/C21H31NO2.C19H27NO4.C18H27NO2.C16H23NO2/c1-3-18-11-13-19(14-12-18)22-17-9-5-6-10-20(23)24-21(4-2)15-7-8-16-21;1-14(2)18(22)23-16-11-9-15(10-12-16)20-13-7-6-8-17(21)24-19(3,4)5;1-5-15-10-12-16(13-11-15)19-14-8-7-9-17(20)21-18(3,4)6-2;1-5-13-8-10-14(11-9-13)17-12-6-7-15(18)19-16(2,3)4/h3,11-14,22H,1,4-10,15-17H2,2H3;9-12,20H,1,6-8,13H2,2-5H3;5,10-13,19H,1,6-9,14H2,2-4H3;5,8-11,17H,1,6-7,12H2,2-4H3. The second-order valence-electron chi connectivity index (χ2n) is 24.7. The predicted octanol–water partition coefficient (Wildman–Crippen LogP) is 18.2. The van der Waals surface area contributed by atoms with E-state index >= 15 is 0 Å². The Morgan fingerprint density at radius 2 is 0.795 bits per heavy atom. The molecule has 14 heteroatoms. The van der Waals surface area contributed by atoms with Crippen LogP contribution in [-0.4, -0.2) is 78.4 Å². The molecule has 0 saturated heterocycles. The van der Waals surface area contributed by atoms with Gasteiger partial charge in [0.15, 0.2) is 0 Å². The van der Waals surface area contributed by atoms with Crippen molar-refractivity contribution in [3.63, 3.8) is 0 Å². The minimum absolute atomic E-state index is 0.00766. The molecule has 0 unspecified atom stereocenters. The molecule has 0 radical (unpaired) electrons. The Bertz CT molecular complexity index is 2700. The first kappa shape index (κ1) is 76.5. The van der Waals surface area contributed by atoms with Crippen molar-refractivity contribution in [1.29, 1.82) is 0 Å². The highest BCUT2D eigenvalue weighted by Gasteiger charge is 2.35. The Hall–Kier alpha value is -7.61. The first-order valence-electron chi connectivity index (χ1n) is 31.7. The van der Waals surface area contributed by atoms with E-state index in [1.807, 2.05) is 141 Å². The van der Waals surface area contributed by atoms with E-state index in [0.29, 0.717) is 37.0 Å². The summed E-state index contributed by atoms with van der Waals surface area (Å²) in [6.07, 6.45) is 20.9. The van der Waals surface area contributed by atoms with Crippen molar-refractivity contribution in [1.82, 2.24) is 0 Å². The largest absolute Gasteiger partial charge is 0.460 e. The van der Waals surface area contributed by atoms with E-state index in [4.69, 9.17) is 23.7 Å². The van der Waals surface area contributed by atoms with Crippen LogP contribution >= 0.6 is 0 Å². The van der Waals surface area contributed by atoms with Gasteiger partial charge in [-0.05, 0) is 223 Å². The van der Waals surface area contributed by atoms with E-state index in [1.165, 1.54) is 12.8 Å². The van der Waals surface area contributed by atoms with Gasteiger partial charge in [-0.3, -0.25) is 19.2 Å². The van der Waals surface area contributed by atoms with E-state index < -0.39 is 17.2 Å². The second-order valence-corrected chi connectivity index (χ2v) is 24.7. The van der Waals surface area contributed by atoms with Crippen LogP contribution in [-0.2, 0) is 42.9 Å². The normalized spacial score (nSPS) is 12.3. The zero-order chi connectivity index (χ0) is 65.4. The fourth-order valence-corrected chi connectivity index (χ4v) is 8.63. The van der Waals surface area contributed by atoms with Crippen molar-refractivity contribution in [2.75, 3.05) is 47.4 Å². The maximum absolute atomic E-state index is 12.0. The Kier molecular flexibility index (Phi) is 36.1. The van der Waals surface area contributed by atoms with Crippen molar-refractivity contribution in [2.45, 2.75) is 214 Å². The number of hydrogen-bond donors (Lipinski definition) is 4. The molecule has 0 bridgehead atoms. The van der Waals surface area contributed by atoms with Gasteiger partial charge in [0.05, 0.1) is 0 Å². The highest BCUT2D eigenvalue weighted by atomic mass is 16.6. The van der Waals surface area contributed by atoms with Crippen molar-refractivity contribution < 1.29 is 47.7 Å². The maximum atomic E-state index is 12.0. The number of nitrogens with one attached hydrogen (secondary N) is 4. The number of rotatable bonds is 33. The Balaban J connectivity index is 0.000000402. The van der Waals surface area contributed by atoms with Gasteiger partial charge in [-0.15, -0.1) is 0 Å². The third-order valence-corrected chi connectivity index (χ3v) is 14.0. The molecule has 1 fully saturated rings. The van der Waals surface area contributed by atoms with Crippen LogP contribution in [0.2, 0.25) is 0 Å². The molecule has 1 aliphatic rings. The summed E-state index contributed by atoms with van der Waals surface area (Å²) in [4.78, 5) is 58.2. The number of anilines is 4. The quantitative estimate of drug-likeness (QED) is 0.0116. The molecule has 4 N–H and O–H groups in total. The van der Waals surface area contributed by atoms with Crippen LogP contribution in [0, 0.1) is 0 Å². The minimum atomic E-state index is -0.433. The number of unbranched alkanes of at least 4 members (excludes halogenated alkanes) is 4. The van der Waals surface area contributed by atoms with Crippen LogP contribution in [0.15, 0.2) is 129 Å². The van der Waals surface area contributed by atoms with E-state index in [9.17, 15) is 24.0 Å². The molecule has 5 rings (SSSR count). The Morgan fingerprint density at radius 3 is 1.15 bits per heavy atom. The number of benzene rings is 4. The fourth-order valence-electron chi connectivity index (χ4n) is 8.63. The van der Waals surface area contributed by atoms with E-state index in [2.05, 4.69) is 78.8 Å². The van der Waals surface area contributed by atoms with Crippen molar-refractivity contribution in [3.8, 4) is 5.75 Å². The Morgan fingerprint density at radius 1 is 0.466 bits per heavy atom. The first-order chi connectivity index (χ1) is 41.7. The maximum Gasteiger partial charge on any atom is 0.338 e. The molecule has 0 heterocycles. The van der Waals surface area contributed by atoms with Gasteiger partial charge in [0, 0.05) is 80.2 Å². The van der Waals surface area contributed by atoms with Gasteiger partial charge in [-0.2, -0.15) is 0 Å². The van der Waals surface area contributed by atoms with Crippen molar-refractivity contribution >= 4 is 70.8 Å². The molecule has 1 saturated carbocycles. The Labute approximate surface area is 529 Å².